The van der Waals surface area contributed by atoms with Gasteiger partial charge in [-0.1, -0.05) is 11.2 Å². The third-order valence-electron chi connectivity index (χ3n) is 5.25. The summed E-state index contributed by atoms with van der Waals surface area (Å²) in [4.78, 5) is 20.5. The van der Waals surface area contributed by atoms with Crippen molar-refractivity contribution in [1.29, 1.82) is 0 Å². The summed E-state index contributed by atoms with van der Waals surface area (Å²) in [6.07, 6.45) is 1.81. The van der Waals surface area contributed by atoms with Crippen LogP contribution in [0, 0.1) is 5.92 Å². The SMILES string of the molecule is O=C(Nc1ccc2c(c1)OCCO2)C1CCCN(Cc2nc(-c3cccs3)no2)C1. The summed E-state index contributed by atoms with van der Waals surface area (Å²) in [6, 6.07) is 9.43. The number of fused-ring (bicyclic) bond motifs is 1. The Balaban J connectivity index is 1.19. The molecule has 1 fully saturated rings. The molecule has 0 aliphatic carbocycles. The van der Waals surface area contributed by atoms with Gasteiger partial charge in [0.05, 0.1) is 17.3 Å². The van der Waals surface area contributed by atoms with Gasteiger partial charge in [0.15, 0.2) is 11.5 Å². The summed E-state index contributed by atoms with van der Waals surface area (Å²) in [6.45, 7) is 3.18. The first-order valence-electron chi connectivity index (χ1n) is 10.0. The quantitative estimate of drug-likeness (QED) is 0.669. The van der Waals surface area contributed by atoms with Crippen LogP contribution in [0.4, 0.5) is 5.69 Å². The Morgan fingerprint density at radius 1 is 1.23 bits per heavy atom. The maximum absolute atomic E-state index is 12.8. The predicted octanol–water partition coefficient (Wildman–Crippen LogP) is 3.42. The molecule has 3 aromatic rings. The van der Waals surface area contributed by atoms with Gasteiger partial charge in [-0.2, -0.15) is 4.98 Å². The number of carbonyl (C=O) groups excluding carboxylic acids is 1. The second-order valence-electron chi connectivity index (χ2n) is 7.41. The number of ether oxygens (including phenoxy) is 2. The molecule has 0 spiro atoms. The molecular formula is C21H22N4O4S. The number of thiophene rings is 1. The van der Waals surface area contributed by atoms with Gasteiger partial charge in [0.1, 0.15) is 13.2 Å². The molecule has 1 atom stereocenters. The van der Waals surface area contributed by atoms with E-state index in [0.29, 0.717) is 49.5 Å². The third kappa shape index (κ3) is 4.17. The number of piperidine rings is 1. The summed E-state index contributed by atoms with van der Waals surface area (Å²) in [7, 11) is 0. The van der Waals surface area contributed by atoms with Crippen molar-refractivity contribution in [3.63, 3.8) is 0 Å². The molecule has 2 aromatic heterocycles. The second kappa shape index (κ2) is 8.45. The summed E-state index contributed by atoms with van der Waals surface area (Å²) >= 11 is 1.58. The molecule has 1 saturated heterocycles. The van der Waals surface area contributed by atoms with Gasteiger partial charge in [0, 0.05) is 18.3 Å². The number of anilines is 1. The number of nitrogens with zero attached hydrogens (tertiary/aromatic N) is 3. The molecule has 8 nitrogen and oxygen atoms in total. The number of benzene rings is 1. The van der Waals surface area contributed by atoms with Crippen molar-refractivity contribution >= 4 is 22.9 Å². The average Bonchev–Trinajstić information content (AvgIpc) is 3.46. The molecule has 156 valence electrons. The smallest absolute Gasteiger partial charge is 0.241 e. The molecule has 0 saturated carbocycles. The van der Waals surface area contributed by atoms with E-state index in [0.717, 1.165) is 30.0 Å². The maximum atomic E-state index is 12.8. The molecule has 5 rings (SSSR count). The van der Waals surface area contributed by atoms with Crippen molar-refractivity contribution in [2.75, 3.05) is 31.6 Å². The van der Waals surface area contributed by atoms with E-state index in [1.54, 1.807) is 11.3 Å². The predicted molar refractivity (Wildman–Crippen MR) is 112 cm³/mol. The van der Waals surface area contributed by atoms with Gasteiger partial charge in [-0.25, -0.2) is 0 Å². The molecule has 2 aliphatic heterocycles. The molecule has 9 heteroatoms. The Hall–Kier alpha value is -2.91. The highest BCUT2D eigenvalue weighted by Gasteiger charge is 2.27. The summed E-state index contributed by atoms with van der Waals surface area (Å²) in [5.41, 5.74) is 0.721. The minimum absolute atomic E-state index is 0.0150. The van der Waals surface area contributed by atoms with Crippen LogP contribution >= 0.6 is 11.3 Å². The van der Waals surface area contributed by atoms with Crippen LogP contribution in [0.25, 0.3) is 10.7 Å². The first kappa shape index (κ1) is 19.1. The van der Waals surface area contributed by atoms with Crippen molar-refractivity contribution in [2.24, 2.45) is 5.92 Å². The van der Waals surface area contributed by atoms with Gasteiger partial charge in [-0.3, -0.25) is 9.69 Å². The lowest BCUT2D eigenvalue weighted by Crippen LogP contribution is -2.40. The lowest BCUT2D eigenvalue weighted by Gasteiger charge is -2.31. The zero-order chi connectivity index (χ0) is 20.3. The average molecular weight is 426 g/mol. The third-order valence-corrected chi connectivity index (χ3v) is 6.12. The molecular weight excluding hydrogens is 404 g/mol. The minimum Gasteiger partial charge on any atom is -0.486 e. The fraction of sp³-hybridized carbons (Fsp3) is 0.381. The molecule has 0 bridgehead atoms. The Bertz CT molecular complexity index is 1020. The van der Waals surface area contributed by atoms with Crippen LogP contribution in [0.5, 0.6) is 11.5 Å². The van der Waals surface area contributed by atoms with Crippen molar-refractivity contribution in [2.45, 2.75) is 19.4 Å². The van der Waals surface area contributed by atoms with Gasteiger partial charge >= 0.3 is 0 Å². The van der Waals surface area contributed by atoms with E-state index in [2.05, 4.69) is 20.4 Å². The van der Waals surface area contributed by atoms with Crippen molar-refractivity contribution < 1.29 is 18.8 Å². The Labute approximate surface area is 177 Å². The Morgan fingerprint density at radius 2 is 2.13 bits per heavy atom. The maximum Gasteiger partial charge on any atom is 0.241 e. The van der Waals surface area contributed by atoms with Gasteiger partial charge < -0.3 is 19.3 Å². The van der Waals surface area contributed by atoms with Crippen molar-refractivity contribution in [3.8, 4) is 22.2 Å². The van der Waals surface area contributed by atoms with Gasteiger partial charge in [0.25, 0.3) is 0 Å². The van der Waals surface area contributed by atoms with Crippen LogP contribution in [0.2, 0.25) is 0 Å². The lowest BCUT2D eigenvalue weighted by atomic mass is 9.97. The number of aromatic nitrogens is 2. The molecule has 1 aromatic carbocycles. The van der Waals surface area contributed by atoms with Crippen LogP contribution in [-0.2, 0) is 11.3 Å². The van der Waals surface area contributed by atoms with Crippen LogP contribution in [0.1, 0.15) is 18.7 Å². The van der Waals surface area contributed by atoms with Crippen molar-refractivity contribution in [1.82, 2.24) is 15.0 Å². The lowest BCUT2D eigenvalue weighted by molar-refractivity contribution is -0.121. The van der Waals surface area contributed by atoms with Crippen LogP contribution in [0.15, 0.2) is 40.2 Å². The summed E-state index contributed by atoms with van der Waals surface area (Å²) in [5.74, 6) is 2.50. The molecule has 30 heavy (non-hydrogen) atoms. The van der Waals surface area contributed by atoms with Gasteiger partial charge in [0.2, 0.25) is 17.6 Å². The minimum atomic E-state index is -0.0911. The second-order valence-corrected chi connectivity index (χ2v) is 8.36. The molecule has 1 N–H and O–H groups in total. The Morgan fingerprint density at radius 3 is 3.00 bits per heavy atom. The largest absolute Gasteiger partial charge is 0.486 e. The molecule has 1 unspecified atom stereocenters. The number of rotatable bonds is 5. The number of carbonyl (C=O) groups is 1. The number of amides is 1. The molecule has 0 radical (unpaired) electrons. The summed E-state index contributed by atoms with van der Waals surface area (Å²) in [5, 5.41) is 9.07. The van der Waals surface area contributed by atoms with E-state index in [4.69, 9.17) is 14.0 Å². The van der Waals surface area contributed by atoms with E-state index >= 15 is 0 Å². The fourth-order valence-electron chi connectivity index (χ4n) is 3.79. The fourth-order valence-corrected chi connectivity index (χ4v) is 4.44. The highest BCUT2D eigenvalue weighted by molar-refractivity contribution is 7.13. The summed E-state index contributed by atoms with van der Waals surface area (Å²) < 4.78 is 16.5. The number of nitrogens with one attached hydrogen (secondary N) is 1. The number of hydrogen-bond donors (Lipinski definition) is 1. The molecule has 4 heterocycles. The normalized spacial score (nSPS) is 18.9. The van der Waals surface area contributed by atoms with E-state index in [1.807, 2.05) is 35.7 Å². The van der Waals surface area contributed by atoms with E-state index in [-0.39, 0.29) is 11.8 Å². The molecule has 2 aliphatic rings. The van der Waals surface area contributed by atoms with Gasteiger partial charge in [-0.15, -0.1) is 11.3 Å². The number of hydrogen-bond acceptors (Lipinski definition) is 8. The zero-order valence-electron chi connectivity index (χ0n) is 16.4. The van der Waals surface area contributed by atoms with Crippen LogP contribution in [0.3, 0.4) is 0 Å². The van der Waals surface area contributed by atoms with E-state index < -0.39 is 0 Å². The zero-order valence-corrected chi connectivity index (χ0v) is 17.2. The van der Waals surface area contributed by atoms with Gasteiger partial charge in [-0.05, 0) is 43.0 Å². The highest BCUT2D eigenvalue weighted by Crippen LogP contribution is 2.33. The number of likely N-dealkylation sites (tertiary alicyclic amines) is 1. The monoisotopic (exact) mass is 426 g/mol. The van der Waals surface area contributed by atoms with E-state index in [9.17, 15) is 4.79 Å². The standard InChI is InChI=1S/C21H22N4O4S/c26-21(22-15-5-6-16-17(11-15)28-9-8-27-16)14-3-1-7-25(12-14)13-19-23-20(24-29-19)18-4-2-10-30-18/h2,4-6,10-11,14H,1,3,7-9,12-13H2,(H,22,26). The first-order chi connectivity index (χ1) is 14.7. The highest BCUT2D eigenvalue weighted by atomic mass is 32.1. The first-order valence-corrected chi connectivity index (χ1v) is 10.9. The topological polar surface area (TPSA) is 89.7 Å². The van der Waals surface area contributed by atoms with Crippen molar-refractivity contribution in [3.05, 3.63) is 41.6 Å². The van der Waals surface area contributed by atoms with E-state index in [1.165, 1.54) is 0 Å². The van der Waals surface area contributed by atoms with Crippen LogP contribution in [-0.4, -0.2) is 47.3 Å². The van der Waals surface area contributed by atoms with Crippen LogP contribution < -0.4 is 14.8 Å². The molecule has 1 amide bonds. The Kier molecular flexibility index (Phi) is 5.37.